The fourth-order valence-corrected chi connectivity index (χ4v) is 4.57. The summed E-state index contributed by atoms with van der Waals surface area (Å²) in [5.41, 5.74) is 5.62. The van der Waals surface area contributed by atoms with Crippen molar-refractivity contribution in [1.29, 1.82) is 0 Å². The molecule has 2 aromatic carbocycles. The summed E-state index contributed by atoms with van der Waals surface area (Å²) in [6.07, 6.45) is 1.58. The first kappa shape index (κ1) is 20.9. The summed E-state index contributed by atoms with van der Waals surface area (Å²) < 4.78 is 32.6. The number of non-ortho nitro benzene ring substituents is 1. The van der Waals surface area contributed by atoms with E-state index in [0.29, 0.717) is 0 Å². The minimum absolute atomic E-state index is 0.170. The Balaban J connectivity index is 1.93. The van der Waals surface area contributed by atoms with Gasteiger partial charge < -0.3 is 4.74 Å². The lowest BCUT2D eigenvalue weighted by Crippen LogP contribution is -2.40. The Kier molecular flexibility index (Phi) is 6.26. The molecule has 0 saturated carbocycles. The van der Waals surface area contributed by atoms with Crippen molar-refractivity contribution >= 4 is 27.6 Å². The topological polar surface area (TPSA) is 114 Å². The average molecular weight is 418 g/mol. The Labute approximate surface area is 169 Å². The van der Waals surface area contributed by atoms with Crippen molar-refractivity contribution in [2.45, 2.75) is 18.7 Å². The van der Waals surface area contributed by atoms with E-state index in [1.54, 1.807) is 6.21 Å². The van der Waals surface area contributed by atoms with Gasteiger partial charge in [-0.25, -0.2) is 8.42 Å². The van der Waals surface area contributed by atoms with Crippen molar-refractivity contribution in [2.24, 2.45) is 5.10 Å². The van der Waals surface area contributed by atoms with Crippen LogP contribution in [0.15, 0.2) is 46.4 Å². The van der Waals surface area contributed by atoms with E-state index < -0.39 is 14.9 Å². The van der Waals surface area contributed by atoms with Crippen LogP contribution in [0.25, 0.3) is 0 Å². The minimum atomic E-state index is -3.95. The van der Waals surface area contributed by atoms with E-state index in [-0.39, 0.29) is 42.6 Å². The summed E-state index contributed by atoms with van der Waals surface area (Å²) in [6, 6.07) is 9.53. The molecule has 1 fully saturated rings. The molecule has 3 rings (SSSR count). The summed E-state index contributed by atoms with van der Waals surface area (Å²) >= 11 is 0. The molecule has 0 atom stereocenters. The number of nitro benzene ring substituents is 1. The number of hydrogen-bond acceptors (Lipinski definition) is 7. The summed E-state index contributed by atoms with van der Waals surface area (Å²) in [7, 11) is -3.95. The fraction of sp³-hybridized carbons (Fsp3) is 0.316. The number of sulfonamides is 1. The van der Waals surface area contributed by atoms with Crippen LogP contribution in [0.5, 0.6) is 0 Å². The number of morpholine rings is 1. The van der Waals surface area contributed by atoms with Gasteiger partial charge in [0.15, 0.2) is 0 Å². The molecule has 0 bridgehead atoms. The average Bonchev–Trinajstić information content (AvgIpc) is 2.70. The second-order valence-electron chi connectivity index (χ2n) is 6.68. The third-order valence-corrected chi connectivity index (χ3v) is 6.52. The molecule has 154 valence electrons. The molecule has 2 aromatic rings. The third-order valence-electron chi connectivity index (χ3n) is 4.58. The van der Waals surface area contributed by atoms with Crippen molar-refractivity contribution in [3.63, 3.8) is 0 Å². The Morgan fingerprint density at radius 1 is 1.17 bits per heavy atom. The molecule has 0 unspecified atom stereocenters. The normalized spacial score (nSPS) is 15.5. The summed E-state index contributed by atoms with van der Waals surface area (Å²) in [5, 5.41) is 15.3. The molecule has 1 heterocycles. The predicted octanol–water partition coefficient (Wildman–Crippen LogP) is 2.68. The van der Waals surface area contributed by atoms with E-state index in [4.69, 9.17) is 4.74 Å². The molecular formula is C19H22N4O5S. The molecule has 10 heteroatoms. The number of benzene rings is 2. The number of aryl methyl sites for hydroxylation is 2. The van der Waals surface area contributed by atoms with Gasteiger partial charge in [0.25, 0.3) is 5.69 Å². The Bertz CT molecular complexity index is 1050. The summed E-state index contributed by atoms with van der Waals surface area (Å²) in [6.45, 7) is 4.89. The number of ether oxygens (including phenoxy) is 1. The van der Waals surface area contributed by atoms with E-state index >= 15 is 0 Å². The van der Waals surface area contributed by atoms with Gasteiger partial charge in [-0.3, -0.25) is 15.5 Å². The quantitative estimate of drug-likeness (QED) is 0.438. The smallest absolute Gasteiger partial charge is 0.270 e. The highest BCUT2D eigenvalue weighted by atomic mass is 32.2. The van der Waals surface area contributed by atoms with Crippen LogP contribution in [0.4, 0.5) is 11.4 Å². The van der Waals surface area contributed by atoms with E-state index in [1.165, 1.54) is 16.4 Å². The first-order valence-corrected chi connectivity index (χ1v) is 10.5. The number of nitrogens with zero attached hydrogens (tertiary/aromatic N) is 3. The Morgan fingerprint density at radius 3 is 2.55 bits per heavy atom. The van der Waals surface area contributed by atoms with Crippen LogP contribution in [0, 0.1) is 24.0 Å². The van der Waals surface area contributed by atoms with Crippen LogP contribution in [0.3, 0.4) is 0 Å². The summed E-state index contributed by atoms with van der Waals surface area (Å²) in [4.78, 5) is 10.3. The van der Waals surface area contributed by atoms with Crippen molar-refractivity contribution < 1.29 is 18.1 Å². The zero-order chi connectivity index (χ0) is 21.0. The molecular weight excluding hydrogens is 396 g/mol. The highest BCUT2D eigenvalue weighted by Gasteiger charge is 2.30. The van der Waals surface area contributed by atoms with Crippen LogP contribution >= 0.6 is 0 Å². The predicted molar refractivity (Wildman–Crippen MR) is 110 cm³/mol. The van der Waals surface area contributed by atoms with Crippen molar-refractivity contribution in [2.75, 3.05) is 31.7 Å². The molecule has 0 radical (unpaired) electrons. The first-order chi connectivity index (χ1) is 13.8. The molecule has 1 N–H and O–H groups in total. The van der Waals surface area contributed by atoms with Crippen molar-refractivity contribution in [3.05, 3.63) is 63.2 Å². The molecule has 1 aliphatic heterocycles. The lowest BCUT2D eigenvalue weighted by Gasteiger charge is -2.26. The maximum Gasteiger partial charge on any atom is 0.270 e. The van der Waals surface area contributed by atoms with Crippen molar-refractivity contribution in [1.82, 2.24) is 4.31 Å². The monoisotopic (exact) mass is 418 g/mol. The van der Waals surface area contributed by atoms with Crippen LogP contribution < -0.4 is 5.43 Å². The minimum Gasteiger partial charge on any atom is -0.379 e. The van der Waals surface area contributed by atoms with Gasteiger partial charge in [-0.1, -0.05) is 23.8 Å². The maximum atomic E-state index is 13.1. The van der Waals surface area contributed by atoms with E-state index in [0.717, 1.165) is 22.8 Å². The zero-order valence-electron chi connectivity index (χ0n) is 16.2. The standard InChI is InChI=1S/C19H22N4O5S/c1-14-3-4-16(15(2)11-14)13-20-21-18-6-5-17(23(24)25)12-19(18)29(26,27)22-7-9-28-10-8-22/h3-6,11-13,21H,7-10H2,1-2H3/b20-13+. The fourth-order valence-electron chi connectivity index (χ4n) is 3.00. The van der Waals surface area contributed by atoms with E-state index in [2.05, 4.69) is 10.5 Å². The molecule has 0 aliphatic carbocycles. The third kappa shape index (κ3) is 4.78. The highest BCUT2D eigenvalue weighted by Crippen LogP contribution is 2.29. The van der Waals surface area contributed by atoms with Crippen LogP contribution in [0.2, 0.25) is 0 Å². The van der Waals surface area contributed by atoms with E-state index in [1.807, 2.05) is 32.0 Å². The molecule has 0 amide bonds. The van der Waals surface area contributed by atoms with Crippen LogP contribution in [0.1, 0.15) is 16.7 Å². The number of anilines is 1. The van der Waals surface area contributed by atoms with Crippen molar-refractivity contribution in [3.8, 4) is 0 Å². The van der Waals surface area contributed by atoms with Gasteiger partial charge in [-0.05, 0) is 31.0 Å². The molecule has 0 aromatic heterocycles. The van der Waals surface area contributed by atoms with Gasteiger partial charge in [0.1, 0.15) is 4.90 Å². The van der Waals surface area contributed by atoms with Gasteiger partial charge in [0.2, 0.25) is 10.0 Å². The first-order valence-electron chi connectivity index (χ1n) is 9.02. The lowest BCUT2D eigenvalue weighted by molar-refractivity contribution is -0.385. The maximum absolute atomic E-state index is 13.1. The second kappa shape index (κ2) is 8.68. The highest BCUT2D eigenvalue weighted by molar-refractivity contribution is 7.89. The SMILES string of the molecule is Cc1ccc(/C=N/Nc2ccc([N+](=O)[O-])cc2S(=O)(=O)N2CCOCC2)c(C)c1. The van der Waals surface area contributed by atoms with Crippen LogP contribution in [-0.2, 0) is 14.8 Å². The Morgan fingerprint density at radius 2 is 1.90 bits per heavy atom. The van der Waals surface area contributed by atoms with Gasteiger partial charge in [-0.2, -0.15) is 9.41 Å². The lowest BCUT2D eigenvalue weighted by atomic mass is 10.1. The van der Waals surface area contributed by atoms with E-state index in [9.17, 15) is 18.5 Å². The molecule has 29 heavy (non-hydrogen) atoms. The van der Waals surface area contributed by atoms with Gasteiger partial charge in [0.05, 0.1) is 30.0 Å². The van der Waals surface area contributed by atoms with Gasteiger partial charge >= 0.3 is 0 Å². The molecule has 1 saturated heterocycles. The number of rotatable bonds is 6. The van der Waals surface area contributed by atoms with Gasteiger partial charge in [0, 0.05) is 25.2 Å². The molecule has 0 spiro atoms. The number of hydrazone groups is 1. The second-order valence-corrected chi connectivity index (χ2v) is 8.59. The number of hydrogen-bond donors (Lipinski definition) is 1. The Hall–Kier alpha value is -2.82. The zero-order valence-corrected chi connectivity index (χ0v) is 17.0. The molecule has 9 nitrogen and oxygen atoms in total. The van der Waals surface area contributed by atoms with Crippen LogP contribution in [-0.4, -0.2) is 50.2 Å². The number of nitrogens with one attached hydrogen (secondary N) is 1. The number of nitro groups is 1. The largest absolute Gasteiger partial charge is 0.379 e. The van der Waals surface area contributed by atoms with Gasteiger partial charge in [-0.15, -0.1) is 0 Å². The molecule has 1 aliphatic rings. The summed E-state index contributed by atoms with van der Waals surface area (Å²) in [5.74, 6) is 0.